The van der Waals surface area contributed by atoms with E-state index in [2.05, 4.69) is 135 Å². The molecule has 0 atom stereocenters. The van der Waals surface area contributed by atoms with Crippen molar-refractivity contribution in [1.29, 1.82) is 0 Å². The predicted molar refractivity (Wildman–Crippen MR) is 185 cm³/mol. The second kappa shape index (κ2) is 11.3. The van der Waals surface area contributed by atoms with Gasteiger partial charge in [0.05, 0.1) is 6.10 Å². The number of nitrogens with zero attached hydrogens (tertiary/aromatic N) is 1. The maximum Gasteiger partial charge on any atom is 0.463 e. The average Bonchev–Trinajstić information content (AvgIpc) is 2.79. The van der Waals surface area contributed by atoms with Crippen molar-refractivity contribution in [2.24, 2.45) is 0 Å². The highest BCUT2D eigenvalue weighted by atomic mass is 31.2. The van der Waals surface area contributed by atoms with Crippen molar-refractivity contribution in [3.05, 3.63) is 57.6 Å². The number of hydroxylamine groups is 2. The van der Waals surface area contributed by atoms with Gasteiger partial charge in [-0.3, -0.25) is 4.52 Å². The van der Waals surface area contributed by atoms with Crippen LogP contribution >= 0.6 is 8.60 Å². The van der Waals surface area contributed by atoms with Crippen molar-refractivity contribution in [2.75, 3.05) is 0 Å². The summed E-state index contributed by atoms with van der Waals surface area (Å²) >= 11 is 0. The molecule has 1 saturated heterocycles. The minimum atomic E-state index is -1.81. The Morgan fingerprint density at radius 2 is 1.02 bits per heavy atom. The molecule has 44 heavy (non-hydrogen) atoms. The molecule has 2 aromatic carbocycles. The van der Waals surface area contributed by atoms with Crippen LogP contribution in [-0.2, 0) is 32.6 Å². The normalized spacial score (nSPS) is 20.2. The minimum absolute atomic E-state index is 0.0166. The van der Waals surface area contributed by atoms with Crippen LogP contribution in [0.1, 0.15) is 157 Å². The third-order valence-corrected chi connectivity index (χ3v) is 10.4. The summed E-state index contributed by atoms with van der Waals surface area (Å²) in [6, 6.07) is 9.36. The lowest BCUT2D eigenvalue weighted by atomic mass is 9.76. The van der Waals surface area contributed by atoms with Gasteiger partial charge in [-0.05, 0) is 84.5 Å². The molecular formula is C38H60NO4P. The largest absolute Gasteiger partial charge is 0.463 e. The molecule has 1 fully saturated rings. The molecule has 1 N–H and O–H groups in total. The highest BCUT2D eigenvalue weighted by Crippen LogP contribution is 2.55. The summed E-state index contributed by atoms with van der Waals surface area (Å²) in [7, 11) is -1.81. The van der Waals surface area contributed by atoms with Gasteiger partial charge in [0.15, 0.2) is 0 Å². The molecule has 2 aromatic rings. The van der Waals surface area contributed by atoms with Crippen LogP contribution in [0, 0.1) is 0 Å². The van der Waals surface area contributed by atoms with E-state index in [1.165, 1.54) is 38.4 Å². The van der Waals surface area contributed by atoms with Crippen molar-refractivity contribution in [2.45, 2.75) is 169 Å². The van der Waals surface area contributed by atoms with E-state index in [0.717, 1.165) is 17.9 Å². The fourth-order valence-electron chi connectivity index (χ4n) is 6.63. The van der Waals surface area contributed by atoms with E-state index < -0.39 is 19.7 Å². The van der Waals surface area contributed by atoms with Crippen LogP contribution in [0.5, 0.6) is 11.5 Å². The number of rotatable bonds is 2. The molecule has 5 nitrogen and oxygen atoms in total. The zero-order valence-corrected chi connectivity index (χ0v) is 31.5. The van der Waals surface area contributed by atoms with E-state index in [0.29, 0.717) is 12.8 Å². The standard InChI is InChI=1S/C38H60NO4P/c1-33(2,3)26-18-24-17-25-19-27(34(4,5)6)21-30(36(10,11)12)32(25)43-44(42-31(24)29(20-26)35(7,8)9)41-28-22-37(13,14)39(40)38(15,16)23-28/h18-21,28,40H,17,22-23H2,1-16H3. The van der Waals surface area contributed by atoms with E-state index >= 15 is 0 Å². The van der Waals surface area contributed by atoms with Crippen LogP contribution in [0.15, 0.2) is 24.3 Å². The first-order valence-corrected chi connectivity index (χ1v) is 17.5. The smallest absolute Gasteiger partial charge is 0.417 e. The molecule has 2 aliphatic rings. The third kappa shape index (κ3) is 7.33. The third-order valence-electron chi connectivity index (χ3n) is 9.23. The van der Waals surface area contributed by atoms with Crippen LogP contribution < -0.4 is 9.05 Å². The lowest BCUT2D eigenvalue weighted by Crippen LogP contribution is -2.60. The monoisotopic (exact) mass is 625 g/mol. The molecule has 2 aliphatic heterocycles. The number of piperidine rings is 1. The second-order valence-corrected chi connectivity index (χ2v) is 19.7. The molecule has 0 spiro atoms. The van der Waals surface area contributed by atoms with Gasteiger partial charge in [-0.1, -0.05) is 107 Å². The van der Waals surface area contributed by atoms with E-state index in [1.807, 2.05) is 0 Å². The average molecular weight is 626 g/mol. The maximum atomic E-state index is 11.0. The molecule has 4 rings (SSSR count). The fraction of sp³-hybridized carbons (Fsp3) is 0.684. The van der Waals surface area contributed by atoms with Gasteiger partial charge in [-0.2, -0.15) is 5.06 Å². The summed E-state index contributed by atoms with van der Waals surface area (Å²) in [6.45, 7) is 35.5. The van der Waals surface area contributed by atoms with Gasteiger partial charge in [-0.15, -0.1) is 0 Å². The van der Waals surface area contributed by atoms with Gasteiger partial charge in [0, 0.05) is 28.6 Å². The molecular weight excluding hydrogens is 565 g/mol. The molecule has 246 valence electrons. The topological polar surface area (TPSA) is 51.2 Å². The molecule has 0 amide bonds. The Morgan fingerprint density at radius 1 is 0.659 bits per heavy atom. The molecule has 0 saturated carbocycles. The summed E-state index contributed by atoms with van der Waals surface area (Å²) in [6.07, 6.45) is 1.92. The molecule has 0 unspecified atom stereocenters. The molecule has 0 aliphatic carbocycles. The van der Waals surface area contributed by atoms with Crippen molar-refractivity contribution < 1.29 is 18.8 Å². The van der Waals surface area contributed by atoms with Crippen molar-refractivity contribution >= 4 is 8.60 Å². The summed E-state index contributed by atoms with van der Waals surface area (Å²) < 4.78 is 20.9. The first-order chi connectivity index (χ1) is 19.7. The van der Waals surface area contributed by atoms with E-state index in [9.17, 15) is 5.21 Å². The van der Waals surface area contributed by atoms with Gasteiger partial charge < -0.3 is 14.3 Å². The first-order valence-electron chi connectivity index (χ1n) is 16.4. The van der Waals surface area contributed by atoms with Gasteiger partial charge in [0.25, 0.3) is 0 Å². The quantitative estimate of drug-likeness (QED) is 0.337. The summed E-state index contributed by atoms with van der Waals surface area (Å²) in [4.78, 5) is 0. The van der Waals surface area contributed by atoms with E-state index in [4.69, 9.17) is 13.6 Å². The van der Waals surface area contributed by atoms with Crippen LogP contribution in [-0.4, -0.2) is 27.5 Å². The van der Waals surface area contributed by atoms with Crippen LogP contribution in [0.4, 0.5) is 0 Å². The minimum Gasteiger partial charge on any atom is -0.417 e. The second-order valence-electron chi connectivity index (χ2n) is 18.7. The Balaban J connectivity index is 1.97. The Morgan fingerprint density at radius 3 is 1.34 bits per heavy atom. The molecule has 0 radical (unpaired) electrons. The molecule has 0 bridgehead atoms. The maximum absolute atomic E-state index is 11.0. The number of hydrogen-bond acceptors (Lipinski definition) is 5. The predicted octanol–water partition coefficient (Wildman–Crippen LogP) is 10.9. The highest BCUT2D eigenvalue weighted by Gasteiger charge is 2.47. The molecule has 0 aromatic heterocycles. The zero-order valence-electron chi connectivity index (χ0n) is 30.6. The van der Waals surface area contributed by atoms with Crippen LogP contribution in [0.3, 0.4) is 0 Å². The number of hydrogen-bond donors (Lipinski definition) is 1. The van der Waals surface area contributed by atoms with Gasteiger partial charge in [-0.25, -0.2) is 0 Å². The number of fused-ring (bicyclic) bond motifs is 2. The van der Waals surface area contributed by atoms with Gasteiger partial charge in [0.2, 0.25) is 0 Å². The Kier molecular flexibility index (Phi) is 9.00. The SMILES string of the molecule is CC(C)(C)c1cc2c(c(C(C)(C)C)c1)OP(OC1CC(C)(C)N(O)C(C)(C)C1)Oc1c(cc(C(C)(C)C)cc1C(C)(C)C)C2. The van der Waals surface area contributed by atoms with E-state index in [-0.39, 0.29) is 27.8 Å². The lowest BCUT2D eigenvalue weighted by molar-refractivity contribution is -0.255. The van der Waals surface area contributed by atoms with Crippen LogP contribution in [0.25, 0.3) is 0 Å². The summed E-state index contributed by atoms with van der Waals surface area (Å²) in [5.41, 5.74) is 6.10. The van der Waals surface area contributed by atoms with Crippen LogP contribution in [0.2, 0.25) is 0 Å². The van der Waals surface area contributed by atoms with Crippen molar-refractivity contribution in [3.8, 4) is 11.5 Å². The Labute approximate surface area is 270 Å². The Hall–Kier alpha value is -1.65. The molecule has 2 heterocycles. The highest BCUT2D eigenvalue weighted by molar-refractivity contribution is 7.42. The first kappa shape index (κ1) is 35.2. The van der Waals surface area contributed by atoms with Gasteiger partial charge >= 0.3 is 8.60 Å². The van der Waals surface area contributed by atoms with Crippen molar-refractivity contribution in [3.63, 3.8) is 0 Å². The molecule has 6 heteroatoms. The van der Waals surface area contributed by atoms with E-state index in [1.54, 1.807) is 0 Å². The zero-order chi connectivity index (χ0) is 33.4. The van der Waals surface area contributed by atoms with Crippen molar-refractivity contribution in [1.82, 2.24) is 5.06 Å². The number of benzene rings is 2. The lowest BCUT2D eigenvalue weighted by Gasteiger charge is -2.51. The Bertz CT molecular complexity index is 1280. The summed E-state index contributed by atoms with van der Waals surface area (Å²) in [5, 5.41) is 12.5. The summed E-state index contributed by atoms with van der Waals surface area (Å²) in [5.74, 6) is 1.78. The van der Waals surface area contributed by atoms with Gasteiger partial charge in [0.1, 0.15) is 11.5 Å². The fourth-order valence-corrected chi connectivity index (χ4v) is 7.87.